The van der Waals surface area contributed by atoms with Gasteiger partial charge in [-0.1, -0.05) is 25.1 Å². The molecule has 1 aliphatic carbocycles. The minimum Gasteiger partial charge on any atom is -0.344 e. The van der Waals surface area contributed by atoms with E-state index >= 15 is 0 Å². The third kappa shape index (κ3) is 3.76. The normalized spacial score (nSPS) is 16.2. The molecule has 0 radical (unpaired) electrons. The molecule has 0 fully saturated rings. The molecule has 1 aliphatic rings. The van der Waals surface area contributed by atoms with Gasteiger partial charge in [0.2, 0.25) is 5.91 Å². The van der Waals surface area contributed by atoms with Crippen LogP contribution in [-0.4, -0.2) is 30.8 Å². The lowest BCUT2D eigenvalue weighted by Gasteiger charge is -2.22. The zero-order valence-corrected chi connectivity index (χ0v) is 15.8. The number of hydrogen-bond donors (Lipinski definition) is 1. The zero-order chi connectivity index (χ0) is 18.0. The lowest BCUT2D eigenvalue weighted by molar-refractivity contribution is -0.120. The molecule has 0 saturated heterocycles. The SMILES string of the molecule is CCc1ccccc1NC(=O)[C@H]1CCc2sc(C(=O)N(C)C)cc2C1. The van der Waals surface area contributed by atoms with Crippen LogP contribution in [0.5, 0.6) is 0 Å². The molecule has 1 atom stereocenters. The van der Waals surface area contributed by atoms with Gasteiger partial charge in [-0.2, -0.15) is 0 Å². The van der Waals surface area contributed by atoms with Crippen molar-refractivity contribution in [3.8, 4) is 0 Å². The summed E-state index contributed by atoms with van der Waals surface area (Å²) >= 11 is 1.57. The summed E-state index contributed by atoms with van der Waals surface area (Å²) in [6.45, 7) is 2.09. The van der Waals surface area contributed by atoms with Crippen molar-refractivity contribution in [1.29, 1.82) is 0 Å². The molecule has 0 aliphatic heterocycles. The van der Waals surface area contributed by atoms with Gasteiger partial charge >= 0.3 is 0 Å². The number of carbonyl (C=O) groups excluding carboxylic acids is 2. The summed E-state index contributed by atoms with van der Waals surface area (Å²) in [6, 6.07) is 9.93. The first-order valence-corrected chi connectivity index (χ1v) is 9.53. The van der Waals surface area contributed by atoms with Gasteiger partial charge < -0.3 is 10.2 Å². The van der Waals surface area contributed by atoms with Crippen molar-refractivity contribution >= 4 is 28.8 Å². The molecule has 2 aromatic rings. The molecule has 5 heteroatoms. The van der Waals surface area contributed by atoms with Crippen molar-refractivity contribution in [2.45, 2.75) is 32.6 Å². The van der Waals surface area contributed by atoms with Gasteiger partial charge in [-0.25, -0.2) is 0 Å². The van der Waals surface area contributed by atoms with E-state index in [1.54, 1.807) is 30.3 Å². The van der Waals surface area contributed by atoms with Gasteiger partial charge in [0.25, 0.3) is 5.91 Å². The molecule has 0 saturated carbocycles. The Hall–Kier alpha value is -2.14. The van der Waals surface area contributed by atoms with Crippen LogP contribution in [-0.2, 0) is 24.1 Å². The van der Waals surface area contributed by atoms with E-state index < -0.39 is 0 Å². The fourth-order valence-corrected chi connectivity index (χ4v) is 4.49. The Kier molecular flexibility index (Phi) is 5.23. The van der Waals surface area contributed by atoms with E-state index in [2.05, 4.69) is 12.2 Å². The fourth-order valence-electron chi connectivity index (χ4n) is 3.26. The van der Waals surface area contributed by atoms with E-state index in [1.807, 2.05) is 30.3 Å². The van der Waals surface area contributed by atoms with Crippen LogP contribution in [0.1, 0.15) is 39.0 Å². The largest absolute Gasteiger partial charge is 0.344 e. The zero-order valence-electron chi connectivity index (χ0n) is 15.0. The minimum atomic E-state index is -0.0330. The highest BCUT2D eigenvalue weighted by Crippen LogP contribution is 2.33. The lowest BCUT2D eigenvalue weighted by Crippen LogP contribution is -2.28. The number of benzene rings is 1. The maximum Gasteiger partial charge on any atom is 0.263 e. The number of nitrogens with zero attached hydrogens (tertiary/aromatic N) is 1. The van der Waals surface area contributed by atoms with Crippen molar-refractivity contribution in [3.63, 3.8) is 0 Å². The van der Waals surface area contributed by atoms with E-state index in [0.717, 1.165) is 41.0 Å². The number of amides is 2. The fraction of sp³-hybridized carbons (Fsp3) is 0.400. The molecule has 4 nitrogen and oxygen atoms in total. The average molecular weight is 356 g/mol. The topological polar surface area (TPSA) is 49.4 Å². The maximum absolute atomic E-state index is 12.7. The number of fused-ring (bicyclic) bond motifs is 1. The van der Waals surface area contributed by atoms with Crippen molar-refractivity contribution in [3.05, 3.63) is 51.2 Å². The number of nitrogens with one attached hydrogen (secondary N) is 1. The quantitative estimate of drug-likeness (QED) is 0.907. The summed E-state index contributed by atoms with van der Waals surface area (Å²) in [5.41, 5.74) is 3.22. The van der Waals surface area contributed by atoms with Crippen LogP contribution in [0.4, 0.5) is 5.69 Å². The van der Waals surface area contributed by atoms with Crippen LogP contribution in [0, 0.1) is 5.92 Å². The second-order valence-corrected chi connectivity index (χ2v) is 7.84. The van der Waals surface area contributed by atoms with Crippen LogP contribution in [0.25, 0.3) is 0 Å². The van der Waals surface area contributed by atoms with Crippen LogP contribution in [0.3, 0.4) is 0 Å². The number of carbonyl (C=O) groups is 2. The van der Waals surface area contributed by atoms with E-state index in [4.69, 9.17) is 0 Å². The summed E-state index contributed by atoms with van der Waals surface area (Å²) in [7, 11) is 3.53. The van der Waals surface area contributed by atoms with Crippen molar-refractivity contribution in [1.82, 2.24) is 4.90 Å². The molecular formula is C20H24N2O2S. The Morgan fingerprint density at radius 1 is 1.28 bits per heavy atom. The molecular weight excluding hydrogens is 332 g/mol. The summed E-state index contributed by atoms with van der Waals surface area (Å²) in [4.78, 5) is 28.5. The number of anilines is 1. The molecule has 1 heterocycles. The van der Waals surface area contributed by atoms with Crippen LogP contribution in [0.15, 0.2) is 30.3 Å². The highest BCUT2D eigenvalue weighted by molar-refractivity contribution is 7.14. The Labute approximate surface area is 152 Å². The molecule has 0 bridgehead atoms. The van der Waals surface area contributed by atoms with Gasteiger partial charge in [0.1, 0.15) is 0 Å². The summed E-state index contributed by atoms with van der Waals surface area (Å²) in [6.07, 6.45) is 3.32. The molecule has 1 aromatic carbocycles. The van der Waals surface area contributed by atoms with Gasteiger partial charge in [-0.15, -0.1) is 11.3 Å². The predicted octanol–water partition coefficient (Wildman–Crippen LogP) is 3.76. The molecule has 25 heavy (non-hydrogen) atoms. The standard InChI is InChI=1S/C20H24N2O2S/c1-4-13-7-5-6-8-16(13)21-19(23)14-9-10-17-15(11-14)12-18(25-17)20(24)22(2)3/h5-8,12,14H,4,9-11H2,1-3H3,(H,21,23)/t14-/m0/s1. The third-order valence-corrected chi connectivity index (χ3v) is 5.95. The highest BCUT2D eigenvalue weighted by atomic mass is 32.1. The van der Waals surface area contributed by atoms with Gasteiger partial charge in [0.05, 0.1) is 4.88 Å². The molecule has 2 amide bonds. The van der Waals surface area contributed by atoms with E-state index in [0.29, 0.717) is 6.42 Å². The Bertz CT molecular complexity index is 795. The second kappa shape index (κ2) is 7.40. The van der Waals surface area contributed by atoms with Gasteiger partial charge in [-0.3, -0.25) is 9.59 Å². The van der Waals surface area contributed by atoms with Gasteiger partial charge in [-0.05, 0) is 48.9 Å². The number of thiophene rings is 1. The molecule has 132 valence electrons. The molecule has 3 rings (SSSR count). The lowest BCUT2D eigenvalue weighted by atomic mass is 9.87. The number of aryl methyl sites for hydroxylation is 2. The first-order valence-electron chi connectivity index (χ1n) is 8.71. The van der Waals surface area contributed by atoms with Crippen molar-refractivity contribution < 1.29 is 9.59 Å². The van der Waals surface area contributed by atoms with Gasteiger partial charge in [0.15, 0.2) is 0 Å². The number of para-hydroxylation sites is 1. The van der Waals surface area contributed by atoms with E-state index in [1.165, 1.54) is 4.88 Å². The Balaban J connectivity index is 1.72. The molecule has 1 aromatic heterocycles. The summed E-state index contributed by atoms with van der Waals surface area (Å²) < 4.78 is 0. The first kappa shape index (κ1) is 17.7. The van der Waals surface area contributed by atoms with Crippen LogP contribution in [0.2, 0.25) is 0 Å². The summed E-state index contributed by atoms with van der Waals surface area (Å²) in [5, 5.41) is 3.10. The molecule has 0 spiro atoms. The van der Waals surface area contributed by atoms with E-state index in [-0.39, 0.29) is 17.7 Å². The Morgan fingerprint density at radius 3 is 2.76 bits per heavy atom. The van der Waals surface area contributed by atoms with Crippen molar-refractivity contribution in [2.24, 2.45) is 5.92 Å². The first-order chi connectivity index (χ1) is 12.0. The Morgan fingerprint density at radius 2 is 2.04 bits per heavy atom. The smallest absolute Gasteiger partial charge is 0.263 e. The average Bonchev–Trinajstić information content (AvgIpc) is 3.04. The number of hydrogen-bond acceptors (Lipinski definition) is 3. The van der Waals surface area contributed by atoms with Crippen LogP contribution >= 0.6 is 11.3 Å². The highest BCUT2D eigenvalue weighted by Gasteiger charge is 2.28. The van der Waals surface area contributed by atoms with Crippen LogP contribution < -0.4 is 5.32 Å². The minimum absolute atomic E-state index is 0.0330. The maximum atomic E-state index is 12.7. The predicted molar refractivity (Wildman–Crippen MR) is 102 cm³/mol. The molecule has 1 N–H and O–H groups in total. The third-order valence-electron chi connectivity index (χ3n) is 4.73. The van der Waals surface area contributed by atoms with Crippen molar-refractivity contribution in [2.75, 3.05) is 19.4 Å². The molecule has 0 unspecified atom stereocenters. The number of rotatable bonds is 4. The van der Waals surface area contributed by atoms with E-state index in [9.17, 15) is 9.59 Å². The summed E-state index contributed by atoms with van der Waals surface area (Å²) in [5.74, 6) is 0.0878. The monoisotopic (exact) mass is 356 g/mol. The second-order valence-electron chi connectivity index (χ2n) is 6.70. The van der Waals surface area contributed by atoms with Gasteiger partial charge in [0, 0.05) is 30.6 Å².